The van der Waals surface area contributed by atoms with Crippen molar-refractivity contribution in [1.29, 1.82) is 0 Å². The Labute approximate surface area is 122 Å². The third kappa shape index (κ3) is 3.10. The first-order chi connectivity index (χ1) is 9.74. The molecule has 1 saturated carbocycles. The van der Waals surface area contributed by atoms with E-state index in [4.69, 9.17) is 0 Å². The van der Waals surface area contributed by atoms with Crippen LogP contribution in [0.1, 0.15) is 19.8 Å². The van der Waals surface area contributed by atoms with Gasteiger partial charge in [0.25, 0.3) is 0 Å². The second-order valence-corrected chi connectivity index (χ2v) is 6.14. The fourth-order valence-electron chi connectivity index (χ4n) is 2.24. The second-order valence-electron chi connectivity index (χ2n) is 5.18. The largest absolute Gasteiger partial charge is 0.353 e. The number of hydrogen-bond acceptors (Lipinski definition) is 4. The van der Waals surface area contributed by atoms with E-state index in [2.05, 4.69) is 22.2 Å². The van der Waals surface area contributed by atoms with Crippen molar-refractivity contribution in [1.82, 2.24) is 15.3 Å². The topological polar surface area (TPSA) is 54.9 Å². The number of carbonyl (C=O) groups excluding carboxylic acids is 1. The second kappa shape index (κ2) is 5.79. The highest BCUT2D eigenvalue weighted by Crippen LogP contribution is 2.32. The molecule has 1 heterocycles. The van der Waals surface area contributed by atoms with Crippen LogP contribution in [0.4, 0.5) is 0 Å². The Kier molecular flexibility index (Phi) is 3.87. The molecule has 1 amide bonds. The lowest BCUT2D eigenvalue weighted by molar-refractivity contribution is -0.119. The van der Waals surface area contributed by atoms with Gasteiger partial charge in [-0.15, -0.1) is 0 Å². The van der Waals surface area contributed by atoms with Crippen LogP contribution in [0.5, 0.6) is 0 Å². The molecule has 1 aromatic heterocycles. The molecule has 1 fully saturated rings. The molecule has 2 aromatic rings. The number of thioether (sulfide) groups is 1. The summed E-state index contributed by atoms with van der Waals surface area (Å²) in [5, 5.41) is 4.93. The molecule has 1 aromatic carbocycles. The Morgan fingerprint density at radius 1 is 1.40 bits per heavy atom. The van der Waals surface area contributed by atoms with E-state index >= 15 is 0 Å². The predicted octanol–water partition coefficient (Wildman–Crippen LogP) is 2.64. The zero-order valence-electron chi connectivity index (χ0n) is 11.4. The highest BCUT2D eigenvalue weighted by atomic mass is 32.2. The van der Waals surface area contributed by atoms with Gasteiger partial charge in [-0.2, -0.15) is 0 Å². The summed E-state index contributed by atoms with van der Waals surface area (Å²) in [6.45, 7) is 2.08. The lowest BCUT2D eigenvalue weighted by atomic mass is 10.2. The molecular formula is C15H17N3OS. The molecule has 0 unspecified atom stereocenters. The standard InChI is InChI=1S/C15H17N3OS/c1-10(11-6-7-11)18-14(19)8-20-15-12-4-2-3-5-13(12)16-9-17-15/h2-5,9-11H,6-8H2,1H3,(H,18,19)/t10-/m1/s1. The predicted molar refractivity (Wildman–Crippen MR) is 80.6 cm³/mol. The van der Waals surface area contributed by atoms with E-state index in [0.29, 0.717) is 17.7 Å². The van der Waals surface area contributed by atoms with Crippen molar-refractivity contribution < 1.29 is 4.79 Å². The monoisotopic (exact) mass is 287 g/mol. The van der Waals surface area contributed by atoms with E-state index in [9.17, 15) is 4.79 Å². The molecule has 0 radical (unpaired) electrons. The molecule has 1 aliphatic carbocycles. The minimum Gasteiger partial charge on any atom is -0.353 e. The van der Waals surface area contributed by atoms with E-state index in [0.717, 1.165) is 15.9 Å². The van der Waals surface area contributed by atoms with Crippen LogP contribution in [0, 0.1) is 5.92 Å². The van der Waals surface area contributed by atoms with E-state index < -0.39 is 0 Å². The number of nitrogens with zero attached hydrogens (tertiary/aromatic N) is 2. The highest BCUT2D eigenvalue weighted by molar-refractivity contribution is 8.00. The van der Waals surface area contributed by atoms with Gasteiger partial charge in [0.1, 0.15) is 11.4 Å². The zero-order chi connectivity index (χ0) is 13.9. The molecule has 0 bridgehead atoms. The van der Waals surface area contributed by atoms with Gasteiger partial charge in [0, 0.05) is 11.4 Å². The van der Waals surface area contributed by atoms with Crippen molar-refractivity contribution >= 4 is 28.6 Å². The van der Waals surface area contributed by atoms with Gasteiger partial charge >= 0.3 is 0 Å². The maximum atomic E-state index is 11.9. The number of benzene rings is 1. The summed E-state index contributed by atoms with van der Waals surface area (Å²) >= 11 is 1.47. The SMILES string of the molecule is C[C@@H](NC(=O)CSc1ncnc2ccccc12)C1CC1. The number of aromatic nitrogens is 2. The van der Waals surface area contributed by atoms with E-state index in [1.165, 1.54) is 24.6 Å². The fourth-order valence-corrected chi connectivity index (χ4v) is 3.04. The van der Waals surface area contributed by atoms with Crippen LogP contribution in [0.2, 0.25) is 0 Å². The molecule has 20 heavy (non-hydrogen) atoms. The van der Waals surface area contributed by atoms with Gasteiger partial charge in [-0.1, -0.05) is 30.0 Å². The first-order valence-electron chi connectivity index (χ1n) is 6.86. The van der Waals surface area contributed by atoms with Crippen molar-refractivity contribution in [2.45, 2.75) is 30.8 Å². The molecular weight excluding hydrogens is 270 g/mol. The number of para-hydroxylation sites is 1. The number of amides is 1. The van der Waals surface area contributed by atoms with Crippen molar-refractivity contribution in [3.05, 3.63) is 30.6 Å². The molecule has 1 aliphatic rings. The molecule has 1 N–H and O–H groups in total. The van der Waals surface area contributed by atoms with Crippen LogP contribution < -0.4 is 5.32 Å². The number of hydrogen-bond donors (Lipinski definition) is 1. The summed E-state index contributed by atoms with van der Waals surface area (Å²) in [5.74, 6) is 1.17. The summed E-state index contributed by atoms with van der Waals surface area (Å²) in [5.41, 5.74) is 0.914. The Bertz CT molecular complexity index is 622. The van der Waals surface area contributed by atoms with Crippen LogP contribution in [-0.2, 0) is 4.79 Å². The van der Waals surface area contributed by atoms with Crippen molar-refractivity contribution in [3.8, 4) is 0 Å². The van der Waals surface area contributed by atoms with Gasteiger partial charge in [-0.3, -0.25) is 4.79 Å². The molecule has 104 valence electrons. The van der Waals surface area contributed by atoms with Crippen molar-refractivity contribution in [2.75, 3.05) is 5.75 Å². The molecule has 0 saturated heterocycles. The van der Waals surface area contributed by atoms with Crippen molar-refractivity contribution in [3.63, 3.8) is 0 Å². The lowest BCUT2D eigenvalue weighted by Crippen LogP contribution is -2.35. The Morgan fingerprint density at radius 3 is 3.00 bits per heavy atom. The first-order valence-corrected chi connectivity index (χ1v) is 7.84. The minimum absolute atomic E-state index is 0.0806. The van der Waals surface area contributed by atoms with Gasteiger partial charge in [-0.05, 0) is 31.7 Å². The first kappa shape index (κ1) is 13.4. The Hall–Kier alpha value is -1.62. The Morgan fingerprint density at radius 2 is 2.20 bits per heavy atom. The van der Waals surface area contributed by atoms with Gasteiger partial charge < -0.3 is 5.32 Å². The summed E-state index contributed by atoms with van der Waals surface area (Å²) in [6, 6.07) is 8.16. The quantitative estimate of drug-likeness (QED) is 0.678. The summed E-state index contributed by atoms with van der Waals surface area (Å²) in [7, 11) is 0. The molecule has 4 nitrogen and oxygen atoms in total. The highest BCUT2D eigenvalue weighted by Gasteiger charge is 2.28. The normalized spacial score (nSPS) is 16.1. The number of fused-ring (bicyclic) bond motifs is 1. The summed E-state index contributed by atoms with van der Waals surface area (Å²) in [6.07, 6.45) is 4.03. The van der Waals surface area contributed by atoms with Gasteiger partial charge in [0.15, 0.2) is 0 Å². The number of carbonyl (C=O) groups is 1. The van der Waals surface area contributed by atoms with E-state index in [-0.39, 0.29) is 5.91 Å². The third-order valence-corrected chi connectivity index (χ3v) is 4.57. The van der Waals surface area contributed by atoms with E-state index in [1.807, 2.05) is 24.3 Å². The van der Waals surface area contributed by atoms with Crippen LogP contribution in [-0.4, -0.2) is 27.7 Å². The zero-order valence-corrected chi connectivity index (χ0v) is 12.2. The molecule has 0 aliphatic heterocycles. The van der Waals surface area contributed by atoms with Crippen LogP contribution in [0.25, 0.3) is 10.9 Å². The van der Waals surface area contributed by atoms with Crippen LogP contribution >= 0.6 is 11.8 Å². The summed E-state index contributed by atoms with van der Waals surface area (Å²) < 4.78 is 0. The smallest absolute Gasteiger partial charge is 0.230 e. The summed E-state index contributed by atoms with van der Waals surface area (Å²) in [4.78, 5) is 20.4. The molecule has 1 atom stereocenters. The van der Waals surface area contributed by atoms with Crippen LogP contribution in [0.3, 0.4) is 0 Å². The minimum atomic E-state index is 0.0806. The molecule has 3 rings (SSSR count). The fraction of sp³-hybridized carbons (Fsp3) is 0.400. The maximum Gasteiger partial charge on any atom is 0.230 e. The van der Waals surface area contributed by atoms with Crippen LogP contribution in [0.15, 0.2) is 35.6 Å². The third-order valence-electron chi connectivity index (χ3n) is 3.56. The van der Waals surface area contributed by atoms with Gasteiger partial charge in [0.05, 0.1) is 11.3 Å². The molecule has 0 spiro atoms. The van der Waals surface area contributed by atoms with E-state index in [1.54, 1.807) is 6.33 Å². The van der Waals surface area contributed by atoms with Crippen molar-refractivity contribution in [2.24, 2.45) is 5.92 Å². The average Bonchev–Trinajstić information content (AvgIpc) is 3.29. The number of nitrogens with one attached hydrogen (secondary N) is 1. The lowest BCUT2D eigenvalue weighted by Gasteiger charge is -2.12. The molecule has 5 heteroatoms. The average molecular weight is 287 g/mol. The van der Waals surface area contributed by atoms with Gasteiger partial charge in [0.2, 0.25) is 5.91 Å². The van der Waals surface area contributed by atoms with Gasteiger partial charge in [-0.25, -0.2) is 9.97 Å². The Balaban J connectivity index is 1.63. The maximum absolute atomic E-state index is 11.9. The number of rotatable bonds is 5.